The van der Waals surface area contributed by atoms with Gasteiger partial charge in [0.1, 0.15) is 12.4 Å². The van der Waals surface area contributed by atoms with Crippen LogP contribution in [0.1, 0.15) is 29.2 Å². The monoisotopic (exact) mass is 479 g/mol. The molecule has 2 aromatic carbocycles. The van der Waals surface area contributed by atoms with E-state index >= 15 is 0 Å². The number of morpholine rings is 1. The molecule has 0 radical (unpaired) electrons. The number of aliphatic carboxylic acids is 1. The van der Waals surface area contributed by atoms with E-state index in [1.807, 2.05) is 4.90 Å². The third-order valence-electron chi connectivity index (χ3n) is 4.85. The van der Waals surface area contributed by atoms with Crippen molar-refractivity contribution in [2.75, 3.05) is 26.2 Å². The summed E-state index contributed by atoms with van der Waals surface area (Å²) < 4.78 is 50.8. The second-order valence-corrected chi connectivity index (χ2v) is 7.33. The third kappa shape index (κ3) is 7.00. The van der Waals surface area contributed by atoms with E-state index < -0.39 is 17.7 Å². The average molecular weight is 480 g/mol. The van der Waals surface area contributed by atoms with E-state index in [2.05, 4.69) is 0 Å². The van der Waals surface area contributed by atoms with Crippen LogP contribution in [-0.2, 0) is 22.3 Å². The van der Waals surface area contributed by atoms with Gasteiger partial charge in [0.2, 0.25) is 0 Å². The number of rotatable bonds is 7. The van der Waals surface area contributed by atoms with Crippen LogP contribution in [0.3, 0.4) is 0 Å². The maximum atomic E-state index is 13.2. The fourth-order valence-electron chi connectivity index (χ4n) is 3.27. The Kier molecular flexibility index (Phi) is 9.00. The van der Waals surface area contributed by atoms with Gasteiger partial charge in [0.05, 0.1) is 24.7 Å². The van der Waals surface area contributed by atoms with E-state index in [9.17, 15) is 18.0 Å². The van der Waals surface area contributed by atoms with E-state index in [1.165, 1.54) is 12.1 Å². The fourth-order valence-corrected chi connectivity index (χ4v) is 3.50. The molecule has 0 amide bonds. The van der Waals surface area contributed by atoms with Gasteiger partial charge in [-0.3, -0.25) is 9.69 Å². The summed E-state index contributed by atoms with van der Waals surface area (Å²) in [6.07, 6.45) is -4.65. The first-order valence-corrected chi connectivity index (χ1v) is 9.75. The van der Waals surface area contributed by atoms with Crippen LogP contribution in [0.4, 0.5) is 13.2 Å². The predicted molar refractivity (Wildman–Crippen MR) is 112 cm³/mol. The van der Waals surface area contributed by atoms with Gasteiger partial charge < -0.3 is 14.6 Å². The molecule has 1 atom stereocenters. The summed E-state index contributed by atoms with van der Waals surface area (Å²) in [5, 5.41) is 8.83. The van der Waals surface area contributed by atoms with E-state index in [1.54, 1.807) is 24.3 Å². The highest BCUT2D eigenvalue weighted by atomic mass is 35.5. The second-order valence-electron chi connectivity index (χ2n) is 6.93. The summed E-state index contributed by atoms with van der Waals surface area (Å²) in [7, 11) is 0. The topological polar surface area (TPSA) is 59.0 Å². The van der Waals surface area contributed by atoms with Crippen LogP contribution in [0.5, 0.6) is 5.75 Å². The molecule has 1 heterocycles. The van der Waals surface area contributed by atoms with E-state index in [4.69, 9.17) is 26.2 Å². The van der Waals surface area contributed by atoms with Gasteiger partial charge in [-0.15, -0.1) is 12.4 Å². The fraction of sp³-hybridized carbons (Fsp3) is 0.381. The van der Waals surface area contributed by atoms with E-state index in [0.717, 1.165) is 11.6 Å². The molecule has 0 aromatic heterocycles. The first-order valence-electron chi connectivity index (χ1n) is 9.37. The van der Waals surface area contributed by atoms with Crippen molar-refractivity contribution in [1.82, 2.24) is 4.90 Å². The summed E-state index contributed by atoms with van der Waals surface area (Å²) >= 11 is 5.95. The largest absolute Gasteiger partial charge is 0.489 e. The second kappa shape index (κ2) is 11.0. The molecule has 1 N–H and O–H groups in total. The summed E-state index contributed by atoms with van der Waals surface area (Å²) in [5.41, 5.74) is -0.0415. The maximum absolute atomic E-state index is 13.2. The van der Waals surface area contributed by atoms with Gasteiger partial charge in [0.25, 0.3) is 0 Å². The molecule has 0 bridgehead atoms. The lowest BCUT2D eigenvalue weighted by atomic mass is 10.1. The third-order valence-corrected chi connectivity index (χ3v) is 5.21. The number of alkyl halides is 3. The van der Waals surface area contributed by atoms with Gasteiger partial charge in [-0.2, -0.15) is 13.2 Å². The van der Waals surface area contributed by atoms with Crippen molar-refractivity contribution >= 4 is 30.0 Å². The van der Waals surface area contributed by atoms with Crippen LogP contribution >= 0.6 is 24.0 Å². The minimum atomic E-state index is -4.52. The Hall–Kier alpha value is -2.00. The lowest BCUT2D eigenvalue weighted by Crippen LogP contribution is -2.39. The first-order chi connectivity index (χ1) is 14.2. The highest BCUT2D eigenvalue weighted by Crippen LogP contribution is 2.35. The average Bonchev–Trinajstić information content (AvgIpc) is 2.71. The zero-order valence-corrected chi connectivity index (χ0v) is 18.0. The van der Waals surface area contributed by atoms with Crippen LogP contribution in [0.25, 0.3) is 0 Å². The SMILES string of the molecule is Cl.O=C(O)CCN1CCOC(c2ccc(OCc3c(Cl)cccc3C(F)(F)F)cc2)C1. The van der Waals surface area contributed by atoms with Gasteiger partial charge in [-0.05, 0) is 29.8 Å². The molecule has 31 heavy (non-hydrogen) atoms. The smallest absolute Gasteiger partial charge is 0.416 e. The highest BCUT2D eigenvalue weighted by Gasteiger charge is 2.34. The summed E-state index contributed by atoms with van der Waals surface area (Å²) in [4.78, 5) is 12.8. The molecule has 10 heteroatoms. The molecule has 3 rings (SSSR count). The molecule has 5 nitrogen and oxygen atoms in total. The number of hydrogen-bond donors (Lipinski definition) is 1. The van der Waals surface area contributed by atoms with Crippen molar-refractivity contribution in [1.29, 1.82) is 0 Å². The van der Waals surface area contributed by atoms with Crippen molar-refractivity contribution in [3.63, 3.8) is 0 Å². The van der Waals surface area contributed by atoms with E-state index in [-0.39, 0.29) is 42.1 Å². The van der Waals surface area contributed by atoms with Crippen molar-refractivity contribution in [2.45, 2.75) is 25.3 Å². The van der Waals surface area contributed by atoms with Crippen LogP contribution in [0.15, 0.2) is 42.5 Å². The number of halogens is 5. The maximum Gasteiger partial charge on any atom is 0.416 e. The number of benzene rings is 2. The minimum Gasteiger partial charge on any atom is -0.489 e. The normalized spacial score (nSPS) is 17.1. The Bertz CT molecular complexity index is 878. The van der Waals surface area contributed by atoms with Crippen molar-refractivity contribution < 1.29 is 32.5 Å². The molecule has 0 saturated carbocycles. The van der Waals surface area contributed by atoms with Crippen LogP contribution in [-0.4, -0.2) is 42.2 Å². The number of nitrogens with zero attached hydrogens (tertiary/aromatic N) is 1. The lowest BCUT2D eigenvalue weighted by molar-refractivity contribution is -0.139. The van der Waals surface area contributed by atoms with Crippen LogP contribution in [0, 0.1) is 0 Å². The van der Waals surface area contributed by atoms with Gasteiger partial charge >= 0.3 is 12.1 Å². The van der Waals surface area contributed by atoms with Gasteiger partial charge in [-0.25, -0.2) is 0 Å². The molecule has 1 fully saturated rings. The molecule has 0 spiro atoms. The standard InChI is InChI=1S/C21H21ClF3NO4.ClH/c22-18-3-1-2-17(21(23,24)25)16(18)13-30-15-6-4-14(5-7-15)19-12-26(10-11-29-19)9-8-20(27)28;/h1-7,19H,8-13H2,(H,27,28);1H. The van der Waals surface area contributed by atoms with Crippen LogP contribution < -0.4 is 4.74 Å². The molecular formula is C21H22Cl2F3NO4. The lowest BCUT2D eigenvalue weighted by Gasteiger charge is -2.32. The van der Waals surface area contributed by atoms with Gasteiger partial charge in [-0.1, -0.05) is 29.8 Å². The molecular weight excluding hydrogens is 458 g/mol. The number of carboxylic acids is 1. The summed E-state index contributed by atoms with van der Waals surface area (Å²) in [6.45, 7) is 1.88. The van der Waals surface area contributed by atoms with E-state index in [0.29, 0.717) is 32.0 Å². The van der Waals surface area contributed by atoms with Crippen molar-refractivity contribution in [2.24, 2.45) is 0 Å². The molecule has 1 aliphatic heterocycles. The van der Waals surface area contributed by atoms with Gasteiger partial charge in [0, 0.05) is 30.2 Å². The Labute approximate surface area is 189 Å². The first kappa shape index (κ1) is 25.3. The Morgan fingerprint density at radius 3 is 2.58 bits per heavy atom. The van der Waals surface area contributed by atoms with Crippen molar-refractivity contribution in [3.05, 3.63) is 64.2 Å². The number of hydrogen-bond acceptors (Lipinski definition) is 4. The van der Waals surface area contributed by atoms with Crippen molar-refractivity contribution in [3.8, 4) is 5.75 Å². The minimum absolute atomic E-state index is 0. The summed E-state index contributed by atoms with van der Waals surface area (Å²) in [5.74, 6) is -0.433. The highest BCUT2D eigenvalue weighted by molar-refractivity contribution is 6.31. The zero-order valence-electron chi connectivity index (χ0n) is 16.4. The van der Waals surface area contributed by atoms with Gasteiger partial charge in [0.15, 0.2) is 0 Å². The van der Waals surface area contributed by atoms with Crippen LogP contribution in [0.2, 0.25) is 5.02 Å². The molecule has 170 valence electrons. The quantitative estimate of drug-likeness (QED) is 0.590. The number of ether oxygens (including phenoxy) is 2. The molecule has 2 aromatic rings. The Morgan fingerprint density at radius 2 is 1.94 bits per heavy atom. The molecule has 1 aliphatic rings. The number of carboxylic acid groups (broad SMARTS) is 1. The number of carbonyl (C=O) groups is 1. The zero-order chi connectivity index (χ0) is 21.7. The molecule has 1 unspecified atom stereocenters. The Balaban J connectivity index is 0.00000341. The molecule has 1 saturated heterocycles. The summed E-state index contributed by atoms with van der Waals surface area (Å²) in [6, 6.07) is 10.5. The Morgan fingerprint density at radius 1 is 1.23 bits per heavy atom. The predicted octanol–water partition coefficient (Wildman–Crippen LogP) is 5.21. The molecule has 0 aliphatic carbocycles.